The molecule has 62 valence electrons. The third-order valence-corrected chi connectivity index (χ3v) is 3.60. The fraction of sp³-hybridized carbons (Fsp3) is 0.800. The second-order valence-corrected chi connectivity index (χ2v) is 4.07. The van der Waals surface area contributed by atoms with E-state index in [9.17, 15) is 0 Å². The largest absolute Gasteiger partial charge is 0.396 e. The van der Waals surface area contributed by atoms with Crippen LogP contribution in [0, 0.1) is 23.7 Å². The van der Waals surface area contributed by atoms with E-state index >= 15 is 0 Å². The van der Waals surface area contributed by atoms with E-state index in [0.717, 1.165) is 17.8 Å². The predicted molar refractivity (Wildman–Crippen MR) is 45.1 cm³/mol. The molecule has 0 heterocycles. The molecule has 0 amide bonds. The topological polar surface area (TPSA) is 20.2 Å². The first kappa shape index (κ1) is 7.35. The minimum absolute atomic E-state index is 0.408. The van der Waals surface area contributed by atoms with Crippen LogP contribution in [-0.4, -0.2) is 11.7 Å². The summed E-state index contributed by atoms with van der Waals surface area (Å²) in [5.74, 6) is 3.06. The van der Waals surface area contributed by atoms with Crippen molar-refractivity contribution in [2.45, 2.75) is 19.3 Å². The molecule has 2 bridgehead atoms. The van der Waals surface area contributed by atoms with E-state index in [1.807, 2.05) is 0 Å². The Morgan fingerprint density at radius 3 is 2.55 bits per heavy atom. The van der Waals surface area contributed by atoms with Crippen molar-refractivity contribution in [2.75, 3.05) is 6.61 Å². The first-order valence-corrected chi connectivity index (χ1v) is 4.58. The van der Waals surface area contributed by atoms with Crippen LogP contribution in [-0.2, 0) is 0 Å². The van der Waals surface area contributed by atoms with Gasteiger partial charge in [0.25, 0.3) is 0 Å². The first-order chi connectivity index (χ1) is 5.35. The number of aliphatic hydroxyl groups excluding tert-OH is 1. The Morgan fingerprint density at radius 2 is 2.09 bits per heavy atom. The van der Waals surface area contributed by atoms with Crippen molar-refractivity contribution in [3.05, 3.63) is 12.7 Å². The maximum absolute atomic E-state index is 9.02. The quantitative estimate of drug-likeness (QED) is 0.598. The Hall–Kier alpha value is -0.300. The number of hydrogen-bond donors (Lipinski definition) is 1. The van der Waals surface area contributed by atoms with Crippen LogP contribution >= 0.6 is 0 Å². The smallest absolute Gasteiger partial charge is 0.0462 e. The van der Waals surface area contributed by atoms with Gasteiger partial charge in [0, 0.05) is 6.61 Å². The van der Waals surface area contributed by atoms with Gasteiger partial charge in [0.2, 0.25) is 0 Å². The Balaban J connectivity index is 2.02. The van der Waals surface area contributed by atoms with Crippen molar-refractivity contribution in [1.82, 2.24) is 0 Å². The molecule has 4 atom stereocenters. The lowest BCUT2D eigenvalue weighted by atomic mass is 9.83. The second kappa shape index (κ2) is 2.63. The average Bonchev–Trinajstić information content (AvgIpc) is 2.60. The monoisotopic (exact) mass is 152 g/mol. The lowest BCUT2D eigenvalue weighted by Gasteiger charge is -2.24. The number of allylic oxidation sites excluding steroid dienone is 1. The van der Waals surface area contributed by atoms with Crippen molar-refractivity contribution in [3.8, 4) is 0 Å². The predicted octanol–water partition coefficient (Wildman–Crippen LogP) is 1.83. The summed E-state index contributed by atoms with van der Waals surface area (Å²) in [5.41, 5.74) is 0. The minimum Gasteiger partial charge on any atom is -0.396 e. The summed E-state index contributed by atoms with van der Waals surface area (Å²) in [6.45, 7) is 4.26. The van der Waals surface area contributed by atoms with Crippen molar-refractivity contribution in [3.63, 3.8) is 0 Å². The molecular formula is C10H16O. The first-order valence-electron chi connectivity index (χ1n) is 4.58. The van der Waals surface area contributed by atoms with E-state index < -0.39 is 0 Å². The van der Waals surface area contributed by atoms with E-state index in [0.29, 0.717) is 12.5 Å². The summed E-state index contributed by atoms with van der Waals surface area (Å²) in [4.78, 5) is 0. The molecule has 0 aromatic carbocycles. The van der Waals surface area contributed by atoms with Gasteiger partial charge in [0.1, 0.15) is 0 Å². The summed E-state index contributed by atoms with van der Waals surface area (Å²) in [7, 11) is 0. The van der Waals surface area contributed by atoms with Crippen LogP contribution in [0.3, 0.4) is 0 Å². The maximum Gasteiger partial charge on any atom is 0.0462 e. The second-order valence-electron chi connectivity index (χ2n) is 4.07. The molecule has 1 heteroatoms. The highest BCUT2D eigenvalue weighted by Crippen LogP contribution is 2.51. The molecule has 0 spiro atoms. The van der Waals surface area contributed by atoms with Gasteiger partial charge in [-0.15, -0.1) is 6.58 Å². The number of hydrogen-bond acceptors (Lipinski definition) is 1. The van der Waals surface area contributed by atoms with Crippen LogP contribution in [0.4, 0.5) is 0 Å². The van der Waals surface area contributed by atoms with E-state index in [1.54, 1.807) is 0 Å². The zero-order valence-corrected chi connectivity index (χ0v) is 6.87. The van der Waals surface area contributed by atoms with Gasteiger partial charge in [-0.1, -0.05) is 6.08 Å². The van der Waals surface area contributed by atoms with Crippen molar-refractivity contribution < 1.29 is 5.11 Å². The van der Waals surface area contributed by atoms with Gasteiger partial charge in [-0.3, -0.25) is 0 Å². The summed E-state index contributed by atoms with van der Waals surface area (Å²) in [5, 5.41) is 9.02. The van der Waals surface area contributed by atoms with Gasteiger partial charge in [-0.2, -0.15) is 0 Å². The third kappa shape index (κ3) is 1.02. The van der Waals surface area contributed by atoms with Crippen LogP contribution in [0.25, 0.3) is 0 Å². The zero-order chi connectivity index (χ0) is 7.84. The molecule has 2 aliphatic rings. The molecule has 2 rings (SSSR count). The maximum atomic E-state index is 9.02. The van der Waals surface area contributed by atoms with Crippen LogP contribution in [0.1, 0.15) is 19.3 Å². The Morgan fingerprint density at radius 1 is 1.27 bits per heavy atom. The number of fused-ring (bicyclic) bond motifs is 2. The fourth-order valence-electron chi connectivity index (χ4n) is 2.95. The number of rotatable bonds is 2. The Labute approximate surface area is 68.1 Å². The molecule has 1 nitrogen and oxygen atoms in total. The molecule has 0 radical (unpaired) electrons. The van der Waals surface area contributed by atoms with E-state index in [2.05, 4.69) is 12.7 Å². The molecule has 2 fully saturated rings. The number of aliphatic hydroxyl groups is 1. The van der Waals surface area contributed by atoms with Gasteiger partial charge in [-0.05, 0) is 42.9 Å². The lowest BCUT2D eigenvalue weighted by Crippen LogP contribution is -2.18. The lowest BCUT2D eigenvalue weighted by molar-refractivity contribution is 0.166. The van der Waals surface area contributed by atoms with E-state index in [1.165, 1.54) is 19.3 Å². The van der Waals surface area contributed by atoms with Gasteiger partial charge in [0.05, 0.1) is 0 Å². The van der Waals surface area contributed by atoms with Crippen molar-refractivity contribution >= 4 is 0 Å². The van der Waals surface area contributed by atoms with E-state index in [-0.39, 0.29) is 0 Å². The standard InChI is InChI=1S/C10H16O/c1-2-7-3-9-4-8(7)5-10(9)6-11/h2,7-11H,1,3-6H2/t7-,8+,9-,10?/m1/s1. The minimum atomic E-state index is 0.408. The summed E-state index contributed by atoms with van der Waals surface area (Å²) >= 11 is 0. The molecule has 0 aromatic rings. The molecule has 2 aliphatic carbocycles. The SMILES string of the molecule is C=C[C@@H]1C[C@@H]2C[C@H]1CC2CO. The third-order valence-electron chi connectivity index (χ3n) is 3.60. The van der Waals surface area contributed by atoms with E-state index in [4.69, 9.17) is 5.11 Å². The molecule has 1 unspecified atom stereocenters. The highest BCUT2D eigenvalue weighted by Gasteiger charge is 2.43. The van der Waals surface area contributed by atoms with Crippen molar-refractivity contribution in [2.24, 2.45) is 23.7 Å². The average molecular weight is 152 g/mol. The van der Waals surface area contributed by atoms with Crippen molar-refractivity contribution in [1.29, 1.82) is 0 Å². The Bertz CT molecular complexity index is 164. The van der Waals surface area contributed by atoms with Gasteiger partial charge in [0.15, 0.2) is 0 Å². The normalized spacial score (nSPS) is 48.1. The van der Waals surface area contributed by atoms with Crippen LogP contribution in [0.15, 0.2) is 12.7 Å². The highest BCUT2D eigenvalue weighted by molar-refractivity contribution is 5.00. The van der Waals surface area contributed by atoms with Gasteiger partial charge < -0.3 is 5.11 Å². The molecular weight excluding hydrogens is 136 g/mol. The molecule has 11 heavy (non-hydrogen) atoms. The summed E-state index contributed by atoms with van der Waals surface area (Å²) in [6, 6.07) is 0. The van der Waals surface area contributed by atoms with Gasteiger partial charge in [-0.25, -0.2) is 0 Å². The molecule has 0 aliphatic heterocycles. The van der Waals surface area contributed by atoms with Crippen LogP contribution in [0.5, 0.6) is 0 Å². The van der Waals surface area contributed by atoms with Crippen LogP contribution < -0.4 is 0 Å². The Kier molecular flexibility index (Phi) is 1.76. The molecule has 0 saturated heterocycles. The van der Waals surface area contributed by atoms with Crippen LogP contribution in [0.2, 0.25) is 0 Å². The highest BCUT2D eigenvalue weighted by atomic mass is 16.3. The summed E-state index contributed by atoms with van der Waals surface area (Å²) < 4.78 is 0. The molecule has 2 saturated carbocycles. The molecule has 1 N–H and O–H groups in total. The molecule has 0 aromatic heterocycles. The zero-order valence-electron chi connectivity index (χ0n) is 6.87. The summed E-state index contributed by atoms with van der Waals surface area (Å²) in [6.07, 6.45) is 6.00. The van der Waals surface area contributed by atoms with Gasteiger partial charge >= 0.3 is 0 Å². The fourth-order valence-corrected chi connectivity index (χ4v) is 2.95.